The predicted octanol–water partition coefficient (Wildman–Crippen LogP) is 1.96. The van der Waals surface area contributed by atoms with Crippen molar-refractivity contribution in [2.24, 2.45) is 5.92 Å². The minimum absolute atomic E-state index is 0.123. The Morgan fingerprint density at radius 1 is 1.17 bits per heavy atom. The van der Waals surface area contributed by atoms with Crippen LogP contribution >= 0.6 is 0 Å². The van der Waals surface area contributed by atoms with Gasteiger partial charge in [0, 0.05) is 18.1 Å². The van der Waals surface area contributed by atoms with Gasteiger partial charge in [-0.3, -0.25) is 19.3 Å². The van der Waals surface area contributed by atoms with Crippen molar-refractivity contribution in [2.45, 2.75) is 25.3 Å². The summed E-state index contributed by atoms with van der Waals surface area (Å²) in [6, 6.07) is 12.7. The number of rotatable bonds is 6. The van der Waals surface area contributed by atoms with E-state index in [4.69, 9.17) is 0 Å². The maximum absolute atomic E-state index is 12.7. The largest absolute Gasteiger partial charge is 0.335 e. The number of benzene rings is 2. The second kappa shape index (κ2) is 7.44. The maximum Gasteiger partial charge on any atom is 0.325 e. The number of carbonyl (C=O) groups is 4. The third-order valence-electron chi connectivity index (χ3n) is 5.86. The standard InChI is InChI=1S/C22H24N4O4/c1-22(15-10-11-15)20(29)26(21(30)24-22)13-19(28)25(2)12-18(27)23-17-9-5-7-14-6-3-4-8-16(14)17/h3-9,15H,10-13H2,1-2H3,(H,23,27)(H,24,30)/t22-/m1/s1. The fourth-order valence-electron chi connectivity index (χ4n) is 3.88. The Kier molecular flexibility index (Phi) is 4.93. The highest BCUT2D eigenvalue weighted by molar-refractivity contribution is 6.09. The van der Waals surface area contributed by atoms with Crippen LogP contribution in [0.1, 0.15) is 19.8 Å². The van der Waals surface area contributed by atoms with E-state index in [1.54, 1.807) is 13.0 Å². The van der Waals surface area contributed by atoms with Crippen molar-refractivity contribution >= 4 is 40.2 Å². The highest BCUT2D eigenvalue weighted by Crippen LogP contribution is 2.42. The van der Waals surface area contributed by atoms with Crippen molar-refractivity contribution in [3.8, 4) is 0 Å². The molecule has 156 valence electrons. The molecule has 2 aromatic carbocycles. The van der Waals surface area contributed by atoms with E-state index in [1.165, 1.54) is 11.9 Å². The zero-order chi connectivity index (χ0) is 21.5. The molecule has 1 saturated heterocycles. The molecule has 8 heteroatoms. The zero-order valence-corrected chi connectivity index (χ0v) is 17.0. The van der Waals surface area contributed by atoms with Gasteiger partial charge in [0.05, 0.1) is 6.54 Å². The van der Waals surface area contributed by atoms with E-state index in [0.717, 1.165) is 28.5 Å². The Hall–Kier alpha value is -3.42. The van der Waals surface area contributed by atoms with Crippen LogP contribution in [-0.2, 0) is 14.4 Å². The Balaban J connectivity index is 1.37. The molecule has 0 aromatic heterocycles. The molecule has 0 spiro atoms. The first-order valence-corrected chi connectivity index (χ1v) is 9.95. The van der Waals surface area contributed by atoms with Crippen LogP contribution in [0.4, 0.5) is 10.5 Å². The van der Waals surface area contributed by atoms with Crippen molar-refractivity contribution in [3.05, 3.63) is 42.5 Å². The minimum Gasteiger partial charge on any atom is -0.335 e. The third-order valence-corrected chi connectivity index (χ3v) is 5.86. The maximum atomic E-state index is 12.7. The van der Waals surface area contributed by atoms with E-state index in [9.17, 15) is 19.2 Å². The Morgan fingerprint density at radius 2 is 1.87 bits per heavy atom. The highest BCUT2D eigenvalue weighted by atomic mass is 16.2. The molecule has 1 heterocycles. The zero-order valence-electron chi connectivity index (χ0n) is 17.0. The first kappa shape index (κ1) is 19.9. The van der Waals surface area contributed by atoms with Crippen LogP contribution in [0.15, 0.2) is 42.5 Å². The van der Waals surface area contributed by atoms with Crippen molar-refractivity contribution < 1.29 is 19.2 Å². The second-order valence-electron chi connectivity index (χ2n) is 8.12. The summed E-state index contributed by atoms with van der Waals surface area (Å²) in [5.41, 5.74) is -0.268. The number of fused-ring (bicyclic) bond motifs is 1. The summed E-state index contributed by atoms with van der Waals surface area (Å²) in [7, 11) is 1.48. The van der Waals surface area contributed by atoms with Gasteiger partial charge in [0.25, 0.3) is 5.91 Å². The number of anilines is 1. The molecule has 1 aliphatic carbocycles. The number of amides is 5. The van der Waals surface area contributed by atoms with Gasteiger partial charge in [-0.25, -0.2) is 4.79 Å². The van der Waals surface area contributed by atoms with Gasteiger partial charge in [-0.2, -0.15) is 0 Å². The van der Waals surface area contributed by atoms with Crippen LogP contribution in [0.3, 0.4) is 0 Å². The lowest BCUT2D eigenvalue weighted by Crippen LogP contribution is -2.47. The molecule has 30 heavy (non-hydrogen) atoms. The molecule has 2 aliphatic rings. The number of nitrogens with one attached hydrogen (secondary N) is 2. The average Bonchev–Trinajstić information content (AvgIpc) is 3.54. The summed E-state index contributed by atoms with van der Waals surface area (Å²) in [6.45, 7) is 1.13. The summed E-state index contributed by atoms with van der Waals surface area (Å²) in [5.74, 6) is -1.09. The fraction of sp³-hybridized carbons (Fsp3) is 0.364. The number of hydrogen-bond donors (Lipinski definition) is 2. The van der Waals surface area contributed by atoms with Gasteiger partial charge < -0.3 is 15.5 Å². The molecular weight excluding hydrogens is 384 g/mol. The van der Waals surface area contributed by atoms with Crippen LogP contribution in [0.5, 0.6) is 0 Å². The Bertz CT molecular complexity index is 1040. The number of carbonyl (C=O) groups excluding carboxylic acids is 4. The molecule has 0 bridgehead atoms. The molecule has 2 aromatic rings. The first-order valence-electron chi connectivity index (χ1n) is 9.95. The molecule has 4 rings (SSSR count). The number of imide groups is 1. The van der Waals surface area contributed by atoms with Crippen LogP contribution in [0, 0.1) is 5.92 Å². The first-order chi connectivity index (χ1) is 14.3. The van der Waals surface area contributed by atoms with Crippen LogP contribution < -0.4 is 10.6 Å². The van der Waals surface area contributed by atoms with Gasteiger partial charge >= 0.3 is 6.03 Å². The Morgan fingerprint density at radius 3 is 2.60 bits per heavy atom. The summed E-state index contributed by atoms with van der Waals surface area (Å²) >= 11 is 0. The van der Waals surface area contributed by atoms with Gasteiger partial charge in [-0.15, -0.1) is 0 Å². The van der Waals surface area contributed by atoms with Gasteiger partial charge in [0.15, 0.2) is 0 Å². The summed E-state index contributed by atoms with van der Waals surface area (Å²) in [6.07, 6.45) is 1.77. The molecule has 1 aliphatic heterocycles. The fourth-order valence-corrected chi connectivity index (χ4v) is 3.88. The van der Waals surface area contributed by atoms with E-state index in [0.29, 0.717) is 5.69 Å². The van der Waals surface area contributed by atoms with Gasteiger partial charge in [0.1, 0.15) is 12.1 Å². The quantitative estimate of drug-likeness (QED) is 0.714. The smallest absolute Gasteiger partial charge is 0.325 e. The van der Waals surface area contributed by atoms with Crippen LogP contribution in [-0.4, -0.2) is 59.2 Å². The topological polar surface area (TPSA) is 98.8 Å². The molecule has 0 radical (unpaired) electrons. The third kappa shape index (κ3) is 3.60. The molecular formula is C22H24N4O4. The predicted molar refractivity (Wildman–Crippen MR) is 112 cm³/mol. The lowest BCUT2D eigenvalue weighted by Gasteiger charge is -2.22. The molecule has 0 unspecified atom stereocenters. The van der Waals surface area contributed by atoms with Crippen molar-refractivity contribution in [1.29, 1.82) is 0 Å². The molecule has 1 atom stereocenters. The summed E-state index contributed by atoms with van der Waals surface area (Å²) in [4.78, 5) is 52.1. The molecule has 1 saturated carbocycles. The molecule has 5 amide bonds. The minimum atomic E-state index is -0.929. The lowest BCUT2D eigenvalue weighted by molar-refractivity contribution is -0.139. The van der Waals surface area contributed by atoms with E-state index in [2.05, 4.69) is 10.6 Å². The molecule has 8 nitrogen and oxygen atoms in total. The van der Waals surface area contributed by atoms with E-state index >= 15 is 0 Å². The lowest BCUT2D eigenvalue weighted by atomic mass is 9.96. The number of likely N-dealkylation sites (N-methyl/N-ethyl adjacent to an activating group) is 1. The van der Waals surface area contributed by atoms with Crippen molar-refractivity contribution in [2.75, 3.05) is 25.5 Å². The molecule has 2 fully saturated rings. The monoisotopic (exact) mass is 408 g/mol. The van der Waals surface area contributed by atoms with Crippen LogP contribution in [0.25, 0.3) is 10.8 Å². The Labute approximate surface area is 174 Å². The van der Waals surface area contributed by atoms with Gasteiger partial charge in [0.2, 0.25) is 11.8 Å². The molecule has 2 N–H and O–H groups in total. The van der Waals surface area contributed by atoms with Crippen LogP contribution in [0.2, 0.25) is 0 Å². The number of urea groups is 1. The summed E-state index contributed by atoms with van der Waals surface area (Å²) in [5, 5.41) is 7.44. The highest BCUT2D eigenvalue weighted by Gasteiger charge is 2.56. The van der Waals surface area contributed by atoms with Gasteiger partial charge in [-0.1, -0.05) is 36.4 Å². The number of nitrogens with zero attached hydrogens (tertiary/aromatic N) is 2. The van der Waals surface area contributed by atoms with Crippen molar-refractivity contribution in [3.63, 3.8) is 0 Å². The van der Waals surface area contributed by atoms with Gasteiger partial charge in [-0.05, 0) is 37.1 Å². The van der Waals surface area contributed by atoms with E-state index in [1.807, 2.05) is 36.4 Å². The average molecular weight is 408 g/mol. The van der Waals surface area contributed by atoms with E-state index < -0.39 is 17.5 Å². The normalized spacial score (nSPS) is 20.9. The summed E-state index contributed by atoms with van der Waals surface area (Å²) < 4.78 is 0. The SMILES string of the molecule is CN(CC(=O)Nc1cccc2ccccc12)C(=O)CN1C(=O)N[C@](C)(C2CC2)C1=O. The van der Waals surface area contributed by atoms with Crippen molar-refractivity contribution in [1.82, 2.24) is 15.1 Å². The number of hydrogen-bond acceptors (Lipinski definition) is 4. The van der Waals surface area contributed by atoms with E-state index in [-0.39, 0.29) is 30.8 Å². The second-order valence-corrected chi connectivity index (χ2v) is 8.12.